The number of nitrogens with zero attached hydrogens (tertiary/aromatic N) is 2. The van der Waals surface area contributed by atoms with E-state index < -0.39 is 11.4 Å². The van der Waals surface area contributed by atoms with Gasteiger partial charge in [-0.05, 0) is 50.2 Å². The maximum atomic E-state index is 11.7. The minimum atomic E-state index is -0.837. The zero-order valence-electron chi connectivity index (χ0n) is 13.3. The van der Waals surface area contributed by atoms with E-state index in [1.807, 2.05) is 12.1 Å². The van der Waals surface area contributed by atoms with Crippen LogP contribution in [-0.2, 0) is 17.6 Å². The van der Waals surface area contributed by atoms with Gasteiger partial charge in [-0.2, -0.15) is 15.4 Å². The Morgan fingerprint density at radius 3 is 2.77 bits per heavy atom. The molecule has 1 aromatic heterocycles. The number of carbonyl (C=O) groups is 1. The average Bonchev–Trinajstić information content (AvgIpc) is 3.00. The normalized spacial score (nSPS) is 13.0. The van der Waals surface area contributed by atoms with Crippen LogP contribution in [0.4, 0.5) is 0 Å². The van der Waals surface area contributed by atoms with E-state index in [1.165, 1.54) is 5.56 Å². The lowest BCUT2D eigenvalue weighted by molar-refractivity contribution is -0.148. The standard InChI is InChI=1S/C17H23N3O2/c1-4-12-6-5-7-13(10-12)15(17(2,3)16(21)22)9-8-14-11-18-20-19-14/h5-7,10-11,15H,4,8-9H2,1-3H3,(H,21,22)(H,18,19,20). The van der Waals surface area contributed by atoms with Crippen molar-refractivity contribution in [2.45, 2.75) is 46.0 Å². The summed E-state index contributed by atoms with van der Waals surface area (Å²) in [4.78, 5) is 11.7. The number of aromatic nitrogens is 3. The first-order chi connectivity index (χ1) is 10.4. The summed E-state index contributed by atoms with van der Waals surface area (Å²) in [5.41, 5.74) is 2.33. The molecular formula is C17H23N3O2. The Morgan fingerprint density at radius 1 is 1.41 bits per heavy atom. The quantitative estimate of drug-likeness (QED) is 0.823. The van der Waals surface area contributed by atoms with Gasteiger partial charge in [0.2, 0.25) is 0 Å². The van der Waals surface area contributed by atoms with Gasteiger partial charge in [0.05, 0.1) is 17.3 Å². The number of aryl methyl sites for hydroxylation is 2. The Morgan fingerprint density at radius 2 is 2.18 bits per heavy atom. The molecular weight excluding hydrogens is 278 g/mol. The summed E-state index contributed by atoms with van der Waals surface area (Å²) in [5.74, 6) is -0.854. The molecule has 1 unspecified atom stereocenters. The van der Waals surface area contributed by atoms with Crippen LogP contribution in [0.2, 0.25) is 0 Å². The molecule has 118 valence electrons. The summed E-state index contributed by atoms with van der Waals surface area (Å²) in [6, 6.07) is 8.23. The third-order valence-electron chi connectivity index (χ3n) is 4.34. The van der Waals surface area contributed by atoms with E-state index in [1.54, 1.807) is 20.0 Å². The van der Waals surface area contributed by atoms with Crippen molar-refractivity contribution in [3.63, 3.8) is 0 Å². The number of nitrogens with one attached hydrogen (secondary N) is 1. The molecule has 0 saturated carbocycles. The highest BCUT2D eigenvalue weighted by atomic mass is 16.4. The van der Waals surface area contributed by atoms with Crippen molar-refractivity contribution in [1.82, 2.24) is 15.4 Å². The van der Waals surface area contributed by atoms with E-state index in [0.717, 1.165) is 24.1 Å². The van der Waals surface area contributed by atoms with E-state index in [0.29, 0.717) is 6.42 Å². The smallest absolute Gasteiger partial charge is 0.309 e. The predicted octanol–water partition coefficient (Wildman–Crippen LogP) is 3.19. The Bertz CT molecular complexity index is 621. The van der Waals surface area contributed by atoms with Gasteiger partial charge < -0.3 is 5.11 Å². The Labute approximate surface area is 130 Å². The fourth-order valence-electron chi connectivity index (χ4n) is 2.76. The van der Waals surface area contributed by atoms with Gasteiger partial charge in [0.15, 0.2) is 0 Å². The molecule has 0 aliphatic carbocycles. The lowest BCUT2D eigenvalue weighted by Crippen LogP contribution is -2.31. The minimum Gasteiger partial charge on any atom is -0.481 e. The first kappa shape index (κ1) is 16.2. The third kappa shape index (κ3) is 3.53. The van der Waals surface area contributed by atoms with Crippen LogP contribution in [0, 0.1) is 5.41 Å². The van der Waals surface area contributed by atoms with Gasteiger partial charge in [-0.25, -0.2) is 0 Å². The SMILES string of the molecule is CCc1cccc(C(CCc2cn[nH]n2)C(C)(C)C(=O)O)c1. The number of H-pyrrole nitrogens is 1. The lowest BCUT2D eigenvalue weighted by atomic mass is 9.72. The first-order valence-corrected chi connectivity index (χ1v) is 7.62. The van der Waals surface area contributed by atoms with E-state index in [9.17, 15) is 9.90 Å². The minimum absolute atomic E-state index is 0.0757. The van der Waals surface area contributed by atoms with E-state index in [2.05, 4.69) is 34.5 Å². The monoisotopic (exact) mass is 301 g/mol. The lowest BCUT2D eigenvalue weighted by Gasteiger charge is -2.31. The molecule has 1 heterocycles. The molecule has 1 aromatic carbocycles. The Hall–Kier alpha value is -2.17. The maximum Gasteiger partial charge on any atom is 0.309 e. The van der Waals surface area contributed by atoms with Crippen molar-refractivity contribution in [2.75, 3.05) is 0 Å². The van der Waals surface area contributed by atoms with Crippen molar-refractivity contribution in [3.8, 4) is 0 Å². The van der Waals surface area contributed by atoms with Crippen molar-refractivity contribution < 1.29 is 9.90 Å². The van der Waals surface area contributed by atoms with Crippen LogP contribution < -0.4 is 0 Å². The largest absolute Gasteiger partial charge is 0.481 e. The van der Waals surface area contributed by atoms with Crippen molar-refractivity contribution >= 4 is 5.97 Å². The molecule has 0 radical (unpaired) electrons. The van der Waals surface area contributed by atoms with Crippen LogP contribution in [0.3, 0.4) is 0 Å². The van der Waals surface area contributed by atoms with Crippen LogP contribution in [-0.4, -0.2) is 26.5 Å². The first-order valence-electron chi connectivity index (χ1n) is 7.62. The zero-order valence-corrected chi connectivity index (χ0v) is 13.3. The molecule has 0 bridgehead atoms. The van der Waals surface area contributed by atoms with Crippen LogP contribution in [0.25, 0.3) is 0 Å². The fourth-order valence-corrected chi connectivity index (χ4v) is 2.76. The molecule has 2 rings (SSSR count). The number of rotatable bonds is 7. The van der Waals surface area contributed by atoms with Crippen molar-refractivity contribution in [2.24, 2.45) is 5.41 Å². The summed E-state index contributed by atoms with van der Waals surface area (Å²) < 4.78 is 0. The number of hydrogen-bond donors (Lipinski definition) is 2. The highest BCUT2D eigenvalue weighted by Crippen LogP contribution is 2.39. The van der Waals surface area contributed by atoms with Gasteiger partial charge in [0, 0.05) is 0 Å². The van der Waals surface area contributed by atoms with Gasteiger partial charge in [0.1, 0.15) is 0 Å². The topological polar surface area (TPSA) is 78.9 Å². The second kappa shape index (κ2) is 6.73. The highest BCUT2D eigenvalue weighted by molar-refractivity contribution is 5.75. The number of aliphatic carboxylic acids is 1. The van der Waals surface area contributed by atoms with Crippen molar-refractivity contribution in [3.05, 3.63) is 47.3 Å². The van der Waals surface area contributed by atoms with Crippen LogP contribution in [0.1, 0.15) is 49.9 Å². The Balaban J connectivity index is 2.29. The maximum absolute atomic E-state index is 11.7. The molecule has 2 N–H and O–H groups in total. The average molecular weight is 301 g/mol. The van der Waals surface area contributed by atoms with Gasteiger partial charge in [-0.15, -0.1) is 0 Å². The van der Waals surface area contributed by atoms with Crippen molar-refractivity contribution in [1.29, 1.82) is 0 Å². The number of hydrogen-bond acceptors (Lipinski definition) is 3. The van der Waals surface area contributed by atoms with E-state index in [-0.39, 0.29) is 5.92 Å². The summed E-state index contributed by atoms with van der Waals surface area (Å²) in [7, 11) is 0. The molecule has 1 atom stereocenters. The van der Waals surface area contributed by atoms with E-state index >= 15 is 0 Å². The summed E-state index contributed by atoms with van der Waals surface area (Å²) in [6.45, 7) is 5.69. The Kier molecular flexibility index (Phi) is 4.96. The summed E-state index contributed by atoms with van der Waals surface area (Å²) in [5, 5.41) is 20.1. The third-order valence-corrected chi connectivity index (χ3v) is 4.34. The second-order valence-corrected chi connectivity index (χ2v) is 6.18. The summed E-state index contributed by atoms with van der Waals surface area (Å²) >= 11 is 0. The zero-order chi connectivity index (χ0) is 16.2. The van der Waals surface area contributed by atoms with Crippen LogP contribution in [0.5, 0.6) is 0 Å². The van der Waals surface area contributed by atoms with Gasteiger partial charge in [-0.3, -0.25) is 4.79 Å². The predicted molar refractivity (Wildman–Crippen MR) is 84.7 cm³/mol. The molecule has 0 saturated heterocycles. The molecule has 22 heavy (non-hydrogen) atoms. The van der Waals surface area contributed by atoms with Crippen LogP contribution >= 0.6 is 0 Å². The molecule has 0 aliphatic rings. The highest BCUT2D eigenvalue weighted by Gasteiger charge is 2.37. The van der Waals surface area contributed by atoms with Gasteiger partial charge in [-0.1, -0.05) is 31.2 Å². The van der Waals surface area contributed by atoms with Gasteiger partial charge in [0.25, 0.3) is 0 Å². The molecule has 0 spiro atoms. The molecule has 5 nitrogen and oxygen atoms in total. The molecule has 0 fully saturated rings. The second-order valence-electron chi connectivity index (χ2n) is 6.18. The number of carboxylic acids is 1. The molecule has 5 heteroatoms. The molecule has 0 aliphatic heterocycles. The molecule has 0 amide bonds. The number of aromatic amines is 1. The fraction of sp³-hybridized carbons (Fsp3) is 0.471. The van der Waals surface area contributed by atoms with E-state index in [4.69, 9.17) is 0 Å². The number of benzene rings is 1. The summed E-state index contributed by atoms with van der Waals surface area (Å²) in [6.07, 6.45) is 4.05. The molecule has 2 aromatic rings. The van der Waals surface area contributed by atoms with Crippen LogP contribution in [0.15, 0.2) is 30.5 Å². The van der Waals surface area contributed by atoms with Gasteiger partial charge >= 0.3 is 5.97 Å². The number of carboxylic acid groups (broad SMARTS) is 1.